The molecule has 0 unspecified atom stereocenters. The molecule has 2 aromatic carbocycles. The molecule has 4 aromatic rings. The number of aryl methyl sites for hydroxylation is 1. The van der Waals surface area contributed by atoms with Gasteiger partial charge in [0, 0.05) is 29.6 Å². The molecule has 2 N–H and O–H groups in total. The fourth-order valence-corrected chi connectivity index (χ4v) is 3.72. The van der Waals surface area contributed by atoms with E-state index in [2.05, 4.69) is 32.9 Å². The first kappa shape index (κ1) is 21.7. The molecule has 0 saturated heterocycles. The van der Waals surface area contributed by atoms with Crippen LogP contribution in [-0.2, 0) is 6.42 Å². The highest BCUT2D eigenvalue weighted by molar-refractivity contribution is 7.80. The van der Waals surface area contributed by atoms with Crippen LogP contribution in [0.5, 0.6) is 5.75 Å². The van der Waals surface area contributed by atoms with Gasteiger partial charge in [0.25, 0.3) is 5.91 Å². The Balaban J connectivity index is 1.29. The highest BCUT2D eigenvalue weighted by Crippen LogP contribution is 2.22. The first-order chi connectivity index (χ1) is 15.6. The number of thiazole rings is 1. The second kappa shape index (κ2) is 10.2. The quantitative estimate of drug-likeness (QED) is 0.378. The van der Waals surface area contributed by atoms with E-state index in [1.807, 2.05) is 54.8 Å². The number of nitrogens with zero attached hydrogens (tertiary/aromatic N) is 2. The Morgan fingerprint density at radius 2 is 2.00 bits per heavy atom. The first-order valence-corrected chi connectivity index (χ1v) is 11.1. The molecule has 162 valence electrons. The zero-order valence-corrected chi connectivity index (χ0v) is 18.8. The maximum absolute atomic E-state index is 12.4. The number of anilines is 1. The van der Waals surface area contributed by atoms with E-state index in [1.54, 1.807) is 0 Å². The van der Waals surface area contributed by atoms with E-state index in [0.29, 0.717) is 29.5 Å². The van der Waals surface area contributed by atoms with Crippen molar-refractivity contribution in [2.24, 2.45) is 0 Å². The van der Waals surface area contributed by atoms with Crippen LogP contribution in [0, 0.1) is 6.92 Å². The van der Waals surface area contributed by atoms with Gasteiger partial charge in [0.15, 0.2) is 16.6 Å². The number of benzene rings is 2. The lowest BCUT2D eigenvalue weighted by atomic mass is 10.2. The van der Waals surface area contributed by atoms with Crippen LogP contribution < -0.4 is 15.4 Å². The Kier molecular flexibility index (Phi) is 6.88. The van der Waals surface area contributed by atoms with Crippen LogP contribution >= 0.6 is 23.6 Å². The molecule has 2 heterocycles. The Hall–Kier alpha value is -3.56. The summed E-state index contributed by atoms with van der Waals surface area (Å²) in [4.78, 5) is 16.8. The van der Waals surface area contributed by atoms with Crippen LogP contribution in [0.2, 0.25) is 0 Å². The summed E-state index contributed by atoms with van der Waals surface area (Å²) < 4.78 is 11.1. The van der Waals surface area contributed by atoms with Gasteiger partial charge in [-0.15, -0.1) is 11.3 Å². The predicted octanol–water partition coefficient (Wildman–Crippen LogP) is 4.85. The third-order valence-corrected chi connectivity index (χ3v) is 5.41. The van der Waals surface area contributed by atoms with Crippen molar-refractivity contribution >= 4 is 40.3 Å². The van der Waals surface area contributed by atoms with Gasteiger partial charge in [-0.3, -0.25) is 10.1 Å². The number of rotatable bonds is 7. The fraction of sp³-hybridized carbons (Fsp3) is 0.130. The van der Waals surface area contributed by atoms with E-state index in [4.69, 9.17) is 21.5 Å². The maximum atomic E-state index is 12.4. The first-order valence-electron chi connectivity index (χ1n) is 9.85. The van der Waals surface area contributed by atoms with E-state index >= 15 is 0 Å². The molecule has 9 heteroatoms. The molecule has 0 spiro atoms. The topological polar surface area (TPSA) is 89.3 Å². The van der Waals surface area contributed by atoms with Gasteiger partial charge < -0.3 is 14.6 Å². The standard InChI is InChI=1S/C23H20N4O3S2/c1-15-24-20(14-32-15)21-13-19(27-30-21)22(28)26-23(31)25-17-8-5-9-18(12-17)29-11-10-16-6-3-2-4-7-16/h2-9,12-14H,10-11H2,1H3,(H2,25,26,28,31). The van der Waals surface area contributed by atoms with Gasteiger partial charge in [-0.05, 0) is 36.8 Å². The number of aromatic nitrogens is 2. The van der Waals surface area contributed by atoms with Crippen molar-refractivity contribution in [3.63, 3.8) is 0 Å². The van der Waals surface area contributed by atoms with Crippen molar-refractivity contribution < 1.29 is 14.1 Å². The minimum Gasteiger partial charge on any atom is -0.493 e. The Morgan fingerprint density at radius 3 is 2.78 bits per heavy atom. The van der Waals surface area contributed by atoms with Gasteiger partial charge in [-0.25, -0.2) is 4.98 Å². The summed E-state index contributed by atoms with van der Waals surface area (Å²) >= 11 is 6.75. The maximum Gasteiger partial charge on any atom is 0.279 e. The average molecular weight is 465 g/mol. The highest BCUT2D eigenvalue weighted by Gasteiger charge is 2.16. The normalized spacial score (nSPS) is 10.5. The van der Waals surface area contributed by atoms with E-state index in [1.165, 1.54) is 23.0 Å². The fourth-order valence-electron chi connectivity index (χ4n) is 2.90. The van der Waals surface area contributed by atoms with Crippen molar-refractivity contribution in [1.82, 2.24) is 15.5 Å². The lowest BCUT2D eigenvalue weighted by Crippen LogP contribution is -2.34. The van der Waals surface area contributed by atoms with Crippen molar-refractivity contribution in [3.8, 4) is 17.2 Å². The summed E-state index contributed by atoms with van der Waals surface area (Å²) in [5.74, 6) is 0.665. The molecular weight excluding hydrogens is 444 g/mol. The number of nitrogens with one attached hydrogen (secondary N) is 2. The van der Waals surface area contributed by atoms with Crippen LogP contribution in [0.15, 0.2) is 70.6 Å². The highest BCUT2D eigenvalue weighted by atomic mass is 32.1. The molecular formula is C23H20N4O3S2. The predicted molar refractivity (Wildman–Crippen MR) is 128 cm³/mol. The molecule has 32 heavy (non-hydrogen) atoms. The third-order valence-electron chi connectivity index (χ3n) is 4.44. The smallest absolute Gasteiger partial charge is 0.279 e. The number of carbonyl (C=O) groups is 1. The number of amides is 1. The molecule has 2 aromatic heterocycles. The second-order valence-corrected chi connectivity index (χ2v) is 8.32. The summed E-state index contributed by atoms with van der Waals surface area (Å²) in [5.41, 5.74) is 2.68. The molecule has 1 amide bonds. The van der Waals surface area contributed by atoms with Gasteiger partial charge in [-0.2, -0.15) is 0 Å². The molecule has 0 aliphatic rings. The zero-order valence-electron chi connectivity index (χ0n) is 17.2. The monoisotopic (exact) mass is 464 g/mol. The number of hydrogen-bond acceptors (Lipinski definition) is 7. The van der Waals surface area contributed by atoms with Gasteiger partial charge in [-0.1, -0.05) is 41.6 Å². The molecule has 0 saturated carbocycles. The molecule has 0 radical (unpaired) electrons. The third kappa shape index (κ3) is 5.77. The lowest BCUT2D eigenvalue weighted by Gasteiger charge is -2.11. The van der Waals surface area contributed by atoms with Crippen LogP contribution in [0.3, 0.4) is 0 Å². The molecule has 7 nitrogen and oxygen atoms in total. The Labute approximate surface area is 194 Å². The van der Waals surface area contributed by atoms with E-state index in [-0.39, 0.29) is 10.8 Å². The van der Waals surface area contributed by atoms with Gasteiger partial charge in [0.2, 0.25) is 0 Å². The Bertz CT molecular complexity index is 1220. The molecule has 0 aliphatic heterocycles. The zero-order chi connectivity index (χ0) is 22.3. The minimum atomic E-state index is -0.472. The van der Waals surface area contributed by atoms with Crippen LogP contribution in [-0.4, -0.2) is 27.8 Å². The molecule has 0 atom stereocenters. The number of ether oxygens (including phenoxy) is 1. The lowest BCUT2D eigenvalue weighted by molar-refractivity contribution is 0.0969. The van der Waals surface area contributed by atoms with E-state index in [9.17, 15) is 4.79 Å². The van der Waals surface area contributed by atoms with Crippen molar-refractivity contribution in [2.75, 3.05) is 11.9 Å². The molecule has 4 rings (SSSR count). The summed E-state index contributed by atoms with van der Waals surface area (Å²) in [7, 11) is 0. The van der Waals surface area contributed by atoms with Gasteiger partial charge in [0.05, 0.1) is 11.6 Å². The van der Waals surface area contributed by atoms with E-state index in [0.717, 1.165) is 11.4 Å². The largest absolute Gasteiger partial charge is 0.493 e. The second-order valence-electron chi connectivity index (χ2n) is 6.85. The summed E-state index contributed by atoms with van der Waals surface area (Å²) in [6, 6.07) is 19.1. The number of hydrogen-bond donors (Lipinski definition) is 2. The minimum absolute atomic E-state index is 0.118. The van der Waals surface area contributed by atoms with Crippen molar-refractivity contribution in [3.05, 3.63) is 82.3 Å². The number of thiocarbonyl (C=S) groups is 1. The summed E-state index contributed by atoms with van der Waals surface area (Å²) in [6.07, 6.45) is 0.813. The molecule has 0 aliphatic carbocycles. The SMILES string of the molecule is Cc1nc(-c2cc(C(=O)NC(=S)Nc3cccc(OCCc4ccccc4)c3)no2)cs1. The Morgan fingerprint density at radius 1 is 1.16 bits per heavy atom. The number of carbonyl (C=O) groups excluding carboxylic acids is 1. The average Bonchev–Trinajstić information content (AvgIpc) is 3.44. The molecule has 0 fully saturated rings. The van der Waals surface area contributed by atoms with Crippen LogP contribution in [0.1, 0.15) is 21.1 Å². The van der Waals surface area contributed by atoms with Crippen molar-refractivity contribution in [1.29, 1.82) is 0 Å². The van der Waals surface area contributed by atoms with E-state index < -0.39 is 5.91 Å². The van der Waals surface area contributed by atoms with Crippen molar-refractivity contribution in [2.45, 2.75) is 13.3 Å². The van der Waals surface area contributed by atoms with Gasteiger partial charge in [0.1, 0.15) is 11.4 Å². The molecule has 0 bridgehead atoms. The summed E-state index contributed by atoms with van der Waals surface area (Å²) in [5, 5.41) is 12.3. The summed E-state index contributed by atoms with van der Waals surface area (Å²) in [6.45, 7) is 2.45. The van der Waals surface area contributed by atoms with Gasteiger partial charge >= 0.3 is 0 Å². The van der Waals surface area contributed by atoms with Crippen LogP contribution in [0.4, 0.5) is 5.69 Å². The van der Waals surface area contributed by atoms with Crippen LogP contribution in [0.25, 0.3) is 11.5 Å².